The zero-order valence-corrected chi connectivity index (χ0v) is 10.8. The van der Waals surface area contributed by atoms with E-state index in [1.165, 1.54) is 6.42 Å². The van der Waals surface area contributed by atoms with E-state index in [0.29, 0.717) is 0 Å². The summed E-state index contributed by atoms with van der Waals surface area (Å²) in [6.07, 6.45) is 5.84. The number of carbonyl (C=O) groups is 2. The third kappa shape index (κ3) is 1.94. The Bertz CT molecular complexity index is 321. The fraction of sp³-hybridized carbons (Fsp3) is 0.846. The highest BCUT2D eigenvalue weighted by Gasteiger charge is 2.50. The zero-order valence-electron chi connectivity index (χ0n) is 10.8. The quantitative estimate of drug-likeness (QED) is 0.791. The van der Waals surface area contributed by atoms with Crippen molar-refractivity contribution < 1.29 is 9.59 Å². The van der Waals surface area contributed by atoms with Gasteiger partial charge in [0.2, 0.25) is 11.8 Å². The van der Waals surface area contributed by atoms with Gasteiger partial charge in [-0.25, -0.2) is 0 Å². The molecular weight excluding hydrogens is 216 g/mol. The van der Waals surface area contributed by atoms with E-state index in [2.05, 4.69) is 12.2 Å². The van der Waals surface area contributed by atoms with Gasteiger partial charge in [0.1, 0.15) is 5.54 Å². The van der Waals surface area contributed by atoms with Crippen molar-refractivity contribution in [1.82, 2.24) is 10.2 Å². The van der Waals surface area contributed by atoms with Gasteiger partial charge in [-0.3, -0.25) is 9.59 Å². The Balaban J connectivity index is 2.33. The molecule has 1 heterocycles. The third-order valence-corrected chi connectivity index (χ3v) is 4.26. The molecular formula is C13H22N2O2. The van der Waals surface area contributed by atoms with Crippen LogP contribution in [0.2, 0.25) is 0 Å². The Labute approximate surface area is 103 Å². The van der Waals surface area contributed by atoms with Crippen molar-refractivity contribution in [3.05, 3.63) is 0 Å². The summed E-state index contributed by atoms with van der Waals surface area (Å²) in [5, 5.41) is 2.77. The normalized spacial score (nSPS) is 25.9. The molecule has 1 aliphatic carbocycles. The van der Waals surface area contributed by atoms with E-state index in [9.17, 15) is 9.59 Å². The fourth-order valence-corrected chi connectivity index (χ4v) is 3.21. The van der Waals surface area contributed by atoms with Gasteiger partial charge in [0, 0.05) is 6.04 Å². The number of piperazine rings is 1. The highest BCUT2D eigenvalue weighted by Crippen LogP contribution is 2.37. The maximum Gasteiger partial charge on any atom is 0.246 e. The molecule has 0 bridgehead atoms. The first-order valence-corrected chi connectivity index (χ1v) is 6.72. The molecule has 4 nitrogen and oxygen atoms in total. The molecule has 1 saturated carbocycles. The Morgan fingerprint density at radius 3 is 2.53 bits per heavy atom. The largest absolute Gasteiger partial charge is 0.345 e. The summed E-state index contributed by atoms with van der Waals surface area (Å²) in [5.74, 6) is 0.151. The number of carbonyl (C=O) groups excluding carboxylic acids is 2. The first-order valence-electron chi connectivity index (χ1n) is 6.72. The standard InChI is InChI=1S/C13H22N2O2/c1-3-10(2)15-11(16)9-14-12(17)13(15)7-5-4-6-8-13/h10H,3-9H2,1-2H3,(H,14,17). The van der Waals surface area contributed by atoms with E-state index < -0.39 is 5.54 Å². The van der Waals surface area contributed by atoms with Crippen LogP contribution < -0.4 is 5.32 Å². The summed E-state index contributed by atoms with van der Waals surface area (Å²) in [7, 11) is 0. The summed E-state index contributed by atoms with van der Waals surface area (Å²) >= 11 is 0. The lowest BCUT2D eigenvalue weighted by Gasteiger charge is -2.50. The molecule has 96 valence electrons. The lowest BCUT2D eigenvalue weighted by Crippen LogP contribution is -2.69. The van der Waals surface area contributed by atoms with Crippen LogP contribution in [0.5, 0.6) is 0 Å². The lowest BCUT2D eigenvalue weighted by molar-refractivity contribution is -0.159. The molecule has 1 N–H and O–H groups in total. The number of nitrogens with one attached hydrogen (secondary N) is 1. The van der Waals surface area contributed by atoms with Crippen molar-refractivity contribution in [3.63, 3.8) is 0 Å². The lowest BCUT2D eigenvalue weighted by atomic mass is 9.77. The van der Waals surface area contributed by atoms with Crippen LogP contribution in [-0.4, -0.2) is 34.8 Å². The second-order valence-corrected chi connectivity index (χ2v) is 5.30. The van der Waals surface area contributed by atoms with E-state index in [1.54, 1.807) is 0 Å². The van der Waals surface area contributed by atoms with Crippen molar-refractivity contribution in [2.45, 2.75) is 64.0 Å². The van der Waals surface area contributed by atoms with Gasteiger partial charge in [-0.2, -0.15) is 0 Å². The number of rotatable bonds is 2. The second kappa shape index (κ2) is 4.67. The number of hydrogen-bond donors (Lipinski definition) is 1. The van der Waals surface area contributed by atoms with Crippen LogP contribution in [0, 0.1) is 0 Å². The molecule has 0 aromatic carbocycles. The van der Waals surface area contributed by atoms with Gasteiger partial charge in [-0.05, 0) is 26.2 Å². The van der Waals surface area contributed by atoms with E-state index in [-0.39, 0.29) is 24.4 Å². The van der Waals surface area contributed by atoms with Crippen molar-refractivity contribution in [3.8, 4) is 0 Å². The minimum Gasteiger partial charge on any atom is -0.345 e. The molecule has 0 radical (unpaired) electrons. The first kappa shape index (κ1) is 12.4. The highest BCUT2D eigenvalue weighted by atomic mass is 16.2. The molecule has 17 heavy (non-hydrogen) atoms. The molecule has 0 aromatic rings. The molecule has 1 saturated heterocycles. The van der Waals surface area contributed by atoms with Crippen LogP contribution in [0.15, 0.2) is 0 Å². The number of hydrogen-bond acceptors (Lipinski definition) is 2. The van der Waals surface area contributed by atoms with Crippen molar-refractivity contribution in [1.29, 1.82) is 0 Å². The minimum atomic E-state index is -0.539. The first-order chi connectivity index (χ1) is 8.12. The van der Waals surface area contributed by atoms with E-state index in [1.807, 2.05) is 11.8 Å². The van der Waals surface area contributed by atoms with E-state index in [0.717, 1.165) is 32.1 Å². The Kier molecular flexibility index (Phi) is 3.40. The predicted octanol–water partition coefficient (Wildman–Crippen LogP) is 1.45. The SMILES string of the molecule is CCC(C)N1C(=O)CNC(=O)C12CCCCC2. The smallest absolute Gasteiger partial charge is 0.246 e. The van der Waals surface area contributed by atoms with Gasteiger partial charge in [-0.1, -0.05) is 26.2 Å². The van der Waals surface area contributed by atoms with Gasteiger partial charge in [0.25, 0.3) is 0 Å². The van der Waals surface area contributed by atoms with Crippen LogP contribution in [0.3, 0.4) is 0 Å². The summed E-state index contributed by atoms with van der Waals surface area (Å²) in [5.41, 5.74) is -0.539. The van der Waals surface area contributed by atoms with Crippen molar-refractivity contribution in [2.24, 2.45) is 0 Å². The van der Waals surface area contributed by atoms with Crippen LogP contribution in [0.1, 0.15) is 52.4 Å². The Morgan fingerprint density at radius 2 is 1.94 bits per heavy atom. The van der Waals surface area contributed by atoms with Crippen molar-refractivity contribution >= 4 is 11.8 Å². The molecule has 2 rings (SSSR count). The maximum atomic E-state index is 12.2. The van der Waals surface area contributed by atoms with Crippen LogP contribution in [-0.2, 0) is 9.59 Å². The predicted molar refractivity (Wildman–Crippen MR) is 65.4 cm³/mol. The number of nitrogens with zero attached hydrogens (tertiary/aromatic N) is 1. The average molecular weight is 238 g/mol. The van der Waals surface area contributed by atoms with Gasteiger partial charge in [-0.15, -0.1) is 0 Å². The summed E-state index contributed by atoms with van der Waals surface area (Å²) < 4.78 is 0. The van der Waals surface area contributed by atoms with Gasteiger partial charge in [0.05, 0.1) is 6.54 Å². The summed E-state index contributed by atoms with van der Waals surface area (Å²) in [4.78, 5) is 26.2. The van der Waals surface area contributed by atoms with Crippen LogP contribution in [0.4, 0.5) is 0 Å². The Hall–Kier alpha value is -1.06. The number of amides is 2. The zero-order chi connectivity index (χ0) is 12.5. The molecule has 1 atom stereocenters. The Morgan fingerprint density at radius 1 is 1.29 bits per heavy atom. The van der Waals surface area contributed by atoms with Gasteiger partial charge in [0.15, 0.2) is 0 Å². The van der Waals surface area contributed by atoms with Gasteiger partial charge >= 0.3 is 0 Å². The second-order valence-electron chi connectivity index (χ2n) is 5.30. The summed E-state index contributed by atoms with van der Waals surface area (Å²) in [6.45, 7) is 4.29. The maximum absolute atomic E-state index is 12.2. The molecule has 2 fully saturated rings. The van der Waals surface area contributed by atoms with E-state index in [4.69, 9.17) is 0 Å². The van der Waals surface area contributed by atoms with E-state index >= 15 is 0 Å². The van der Waals surface area contributed by atoms with Crippen molar-refractivity contribution in [2.75, 3.05) is 6.54 Å². The van der Waals surface area contributed by atoms with Crippen LogP contribution >= 0.6 is 0 Å². The molecule has 2 amide bonds. The summed E-state index contributed by atoms with van der Waals surface area (Å²) in [6, 6.07) is 0.159. The molecule has 2 aliphatic rings. The minimum absolute atomic E-state index is 0.0668. The molecule has 4 heteroatoms. The molecule has 1 unspecified atom stereocenters. The molecule has 1 spiro atoms. The molecule has 0 aromatic heterocycles. The van der Waals surface area contributed by atoms with Gasteiger partial charge < -0.3 is 10.2 Å². The topological polar surface area (TPSA) is 49.4 Å². The monoisotopic (exact) mass is 238 g/mol. The fourth-order valence-electron chi connectivity index (χ4n) is 3.21. The highest BCUT2D eigenvalue weighted by molar-refractivity contribution is 5.98. The average Bonchev–Trinajstić information content (AvgIpc) is 2.35. The molecule has 1 aliphatic heterocycles. The third-order valence-electron chi connectivity index (χ3n) is 4.26. The van der Waals surface area contributed by atoms with Crippen LogP contribution in [0.25, 0.3) is 0 Å².